The third kappa shape index (κ3) is 5.65. The van der Waals surface area contributed by atoms with Gasteiger partial charge in [-0.1, -0.05) is 0 Å². The van der Waals surface area contributed by atoms with Crippen molar-refractivity contribution < 1.29 is 19.4 Å². The summed E-state index contributed by atoms with van der Waals surface area (Å²) in [6.07, 6.45) is 2.28. The van der Waals surface area contributed by atoms with Gasteiger partial charge in [0.25, 0.3) is 0 Å². The zero-order chi connectivity index (χ0) is 23.1. The number of rotatable bonds is 8. The molecule has 0 saturated carbocycles. The van der Waals surface area contributed by atoms with Crippen LogP contribution in [0.15, 0.2) is 18.2 Å². The van der Waals surface area contributed by atoms with Crippen molar-refractivity contribution in [2.75, 3.05) is 38.7 Å². The lowest BCUT2D eigenvalue weighted by Gasteiger charge is -2.33. The second-order valence-electron chi connectivity index (χ2n) is 7.78. The summed E-state index contributed by atoms with van der Waals surface area (Å²) in [6, 6.07) is 7.20. The van der Waals surface area contributed by atoms with Crippen LogP contribution >= 0.6 is 0 Å². The summed E-state index contributed by atoms with van der Waals surface area (Å²) < 4.78 is 10.2. The number of hydrogen-bond donors (Lipinski definition) is 2. The number of aromatic nitrogens is 2. The molecule has 9 nitrogen and oxygen atoms in total. The van der Waals surface area contributed by atoms with E-state index in [9.17, 15) is 15.2 Å². The molecule has 0 bridgehead atoms. The van der Waals surface area contributed by atoms with Crippen LogP contribution in [-0.4, -0.2) is 65.6 Å². The van der Waals surface area contributed by atoms with Crippen LogP contribution in [-0.2, 0) is 9.53 Å². The normalized spacial score (nSPS) is 16.2. The molecule has 1 fully saturated rings. The summed E-state index contributed by atoms with van der Waals surface area (Å²) in [5.74, 6) is 0.789. The van der Waals surface area contributed by atoms with Crippen LogP contribution in [0.2, 0.25) is 0 Å². The first-order chi connectivity index (χ1) is 15.4. The Bertz CT molecular complexity index is 981. The molecule has 1 aliphatic heterocycles. The quantitative estimate of drug-likeness (QED) is 0.598. The predicted molar refractivity (Wildman–Crippen MR) is 119 cm³/mol. The summed E-state index contributed by atoms with van der Waals surface area (Å²) >= 11 is 0. The van der Waals surface area contributed by atoms with E-state index in [1.807, 2.05) is 6.92 Å². The van der Waals surface area contributed by atoms with Crippen molar-refractivity contribution in [2.45, 2.75) is 39.2 Å². The van der Waals surface area contributed by atoms with Gasteiger partial charge in [0.05, 0.1) is 31.4 Å². The molecule has 32 heavy (non-hydrogen) atoms. The van der Waals surface area contributed by atoms with Gasteiger partial charge in [-0.3, -0.25) is 4.79 Å². The molecule has 1 aromatic carbocycles. The van der Waals surface area contributed by atoms with Gasteiger partial charge in [-0.05, 0) is 50.9 Å². The lowest BCUT2D eigenvalue weighted by molar-refractivity contribution is -0.143. The number of anilines is 1. The number of nitriles is 1. The predicted octanol–water partition coefficient (Wildman–Crippen LogP) is 2.87. The summed E-state index contributed by atoms with van der Waals surface area (Å²) in [5, 5.41) is 31.9. The van der Waals surface area contributed by atoms with E-state index in [0.717, 1.165) is 31.5 Å². The number of phenolic OH excluding ortho intramolecular Hbond substituents is 1. The molecule has 1 saturated heterocycles. The number of aryl methyl sites for hydroxylation is 1. The maximum Gasteiger partial charge on any atom is 0.307 e. The number of hydrogen-bond acceptors (Lipinski definition) is 9. The maximum atomic E-state index is 11.6. The minimum Gasteiger partial charge on any atom is -0.507 e. The van der Waals surface area contributed by atoms with Gasteiger partial charge >= 0.3 is 5.97 Å². The Morgan fingerprint density at radius 3 is 2.88 bits per heavy atom. The smallest absolute Gasteiger partial charge is 0.307 e. The van der Waals surface area contributed by atoms with Crippen LogP contribution in [0.25, 0.3) is 11.3 Å². The fourth-order valence-corrected chi connectivity index (χ4v) is 3.95. The Hall–Kier alpha value is -3.38. The van der Waals surface area contributed by atoms with Gasteiger partial charge in [-0.25, -0.2) is 0 Å². The summed E-state index contributed by atoms with van der Waals surface area (Å²) in [5.41, 5.74) is 2.06. The third-order valence-corrected chi connectivity index (χ3v) is 5.48. The highest BCUT2D eigenvalue weighted by Gasteiger charge is 2.22. The standard InChI is InChI=1S/C23H29N5O4/c1-4-32-21(30)7-9-28-8-5-6-17(14-28)25-23-16(13-24)11-19(26-27-23)22-15(2)10-18(31-3)12-20(22)29/h10-12,17,29H,4-9,14H2,1-3H3,(H,25,27)/t17-/m1/s1. The number of nitrogens with zero attached hydrogens (tertiary/aromatic N) is 4. The van der Waals surface area contributed by atoms with Gasteiger partial charge in [0, 0.05) is 30.8 Å². The van der Waals surface area contributed by atoms with E-state index < -0.39 is 0 Å². The molecule has 0 aliphatic carbocycles. The molecule has 2 aromatic rings. The highest BCUT2D eigenvalue weighted by Crippen LogP contribution is 2.35. The minimum atomic E-state index is -0.187. The van der Waals surface area contributed by atoms with Crippen molar-refractivity contribution in [3.63, 3.8) is 0 Å². The number of carbonyl (C=O) groups excluding carboxylic acids is 1. The second kappa shape index (κ2) is 10.8. The molecule has 3 rings (SSSR count). The Morgan fingerprint density at radius 1 is 1.38 bits per heavy atom. The monoisotopic (exact) mass is 439 g/mol. The van der Waals surface area contributed by atoms with Gasteiger partial charge < -0.3 is 24.8 Å². The number of methoxy groups -OCH3 is 1. The summed E-state index contributed by atoms with van der Waals surface area (Å²) in [6.45, 7) is 6.33. The van der Waals surface area contributed by atoms with Gasteiger partial charge in [0.1, 0.15) is 17.6 Å². The lowest BCUT2D eigenvalue weighted by Crippen LogP contribution is -2.43. The maximum absolute atomic E-state index is 11.6. The fourth-order valence-electron chi connectivity index (χ4n) is 3.95. The summed E-state index contributed by atoms with van der Waals surface area (Å²) in [7, 11) is 1.53. The van der Waals surface area contributed by atoms with E-state index in [1.165, 1.54) is 13.2 Å². The molecule has 9 heteroatoms. The van der Waals surface area contributed by atoms with Crippen molar-refractivity contribution in [3.05, 3.63) is 29.3 Å². The number of nitrogens with one attached hydrogen (secondary N) is 1. The van der Waals surface area contributed by atoms with Gasteiger partial charge in [-0.15, -0.1) is 10.2 Å². The number of aromatic hydroxyl groups is 1. The van der Waals surface area contributed by atoms with Crippen LogP contribution < -0.4 is 10.1 Å². The van der Waals surface area contributed by atoms with Crippen LogP contribution in [0.5, 0.6) is 11.5 Å². The van der Waals surface area contributed by atoms with Crippen molar-refractivity contribution >= 4 is 11.8 Å². The molecule has 0 spiro atoms. The van der Waals surface area contributed by atoms with E-state index in [1.54, 1.807) is 19.1 Å². The topological polar surface area (TPSA) is 121 Å². The molecular weight excluding hydrogens is 410 g/mol. The first kappa shape index (κ1) is 23.3. The Morgan fingerprint density at radius 2 is 2.19 bits per heavy atom. The molecule has 0 unspecified atom stereocenters. The number of likely N-dealkylation sites (tertiary alicyclic amines) is 1. The number of phenols is 1. The number of carbonyl (C=O) groups is 1. The fraction of sp³-hybridized carbons (Fsp3) is 0.478. The SMILES string of the molecule is CCOC(=O)CCN1CCC[C@@H](Nc2nnc(-c3c(C)cc(OC)cc3O)cc2C#N)C1. The van der Waals surface area contributed by atoms with Gasteiger partial charge in [-0.2, -0.15) is 5.26 Å². The Labute approximate surface area is 188 Å². The van der Waals surface area contributed by atoms with E-state index >= 15 is 0 Å². The molecular formula is C23H29N5O4. The van der Waals surface area contributed by atoms with Crippen LogP contribution in [0.3, 0.4) is 0 Å². The Balaban J connectivity index is 1.72. The highest BCUT2D eigenvalue weighted by atomic mass is 16.5. The van der Waals surface area contributed by atoms with Crippen molar-refractivity contribution in [1.82, 2.24) is 15.1 Å². The lowest BCUT2D eigenvalue weighted by atomic mass is 10.0. The third-order valence-electron chi connectivity index (χ3n) is 5.48. The molecule has 0 radical (unpaired) electrons. The van der Waals surface area contributed by atoms with Crippen LogP contribution in [0, 0.1) is 18.3 Å². The average Bonchev–Trinajstić information content (AvgIpc) is 2.78. The van der Waals surface area contributed by atoms with Gasteiger partial charge in [0.2, 0.25) is 0 Å². The highest BCUT2D eigenvalue weighted by molar-refractivity contribution is 5.74. The average molecular weight is 440 g/mol. The Kier molecular flexibility index (Phi) is 7.84. The molecule has 1 atom stereocenters. The van der Waals surface area contributed by atoms with Crippen molar-refractivity contribution in [2.24, 2.45) is 0 Å². The first-order valence-electron chi connectivity index (χ1n) is 10.8. The molecule has 1 aliphatic rings. The number of benzene rings is 1. The van der Waals surface area contributed by atoms with E-state index in [4.69, 9.17) is 9.47 Å². The van der Waals surface area contributed by atoms with E-state index in [0.29, 0.717) is 48.0 Å². The van der Waals surface area contributed by atoms with Crippen molar-refractivity contribution in [3.8, 4) is 28.8 Å². The number of ether oxygens (including phenoxy) is 2. The minimum absolute atomic E-state index is 0.0188. The van der Waals surface area contributed by atoms with E-state index in [-0.39, 0.29) is 17.8 Å². The second-order valence-corrected chi connectivity index (χ2v) is 7.78. The van der Waals surface area contributed by atoms with Gasteiger partial charge in [0.15, 0.2) is 5.82 Å². The van der Waals surface area contributed by atoms with Crippen molar-refractivity contribution in [1.29, 1.82) is 5.26 Å². The molecule has 170 valence electrons. The molecule has 2 N–H and O–H groups in total. The molecule has 1 aromatic heterocycles. The zero-order valence-electron chi connectivity index (χ0n) is 18.7. The number of esters is 1. The molecule has 2 heterocycles. The van der Waals surface area contributed by atoms with Crippen LogP contribution in [0.1, 0.15) is 37.3 Å². The van der Waals surface area contributed by atoms with E-state index in [2.05, 4.69) is 26.5 Å². The molecule has 0 amide bonds. The number of piperidine rings is 1. The summed E-state index contributed by atoms with van der Waals surface area (Å²) in [4.78, 5) is 13.8. The van der Waals surface area contributed by atoms with Crippen LogP contribution in [0.4, 0.5) is 5.82 Å². The zero-order valence-corrected chi connectivity index (χ0v) is 18.7. The largest absolute Gasteiger partial charge is 0.507 e. The first-order valence-corrected chi connectivity index (χ1v) is 10.8.